The molecule has 3 heteroatoms. The normalized spacial score (nSPS) is 23.9. The molecular weight excluding hydrogens is 236 g/mol. The van der Waals surface area contributed by atoms with Crippen LogP contribution in [0.5, 0.6) is 0 Å². The highest BCUT2D eigenvalue weighted by atomic mass is 16.1. The number of carbonyl (C=O) groups is 1. The highest BCUT2D eigenvalue weighted by Gasteiger charge is 2.25. The second-order valence-corrected chi connectivity index (χ2v) is 6.69. The minimum absolute atomic E-state index is 0.163. The van der Waals surface area contributed by atoms with Crippen LogP contribution in [0.15, 0.2) is 0 Å². The highest BCUT2D eigenvalue weighted by molar-refractivity contribution is 5.78. The maximum Gasteiger partial charge on any atom is 0.234 e. The van der Waals surface area contributed by atoms with Gasteiger partial charge in [-0.25, -0.2) is 0 Å². The van der Waals surface area contributed by atoms with Crippen LogP contribution in [0.1, 0.15) is 58.8 Å². The van der Waals surface area contributed by atoms with E-state index in [0.29, 0.717) is 18.5 Å². The lowest BCUT2D eigenvalue weighted by Crippen LogP contribution is -2.44. The SMILES string of the molecule is CC(NC(=O)CNCC1CC1)C(C)C1CCCCC1. The van der Waals surface area contributed by atoms with Gasteiger partial charge in [-0.05, 0) is 44.1 Å². The van der Waals surface area contributed by atoms with Crippen LogP contribution in [0.25, 0.3) is 0 Å². The summed E-state index contributed by atoms with van der Waals surface area (Å²) in [5, 5.41) is 6.43. The van der Waals surface area contributed by atoms with Gasteiger partial charge < -0.3 is 10.6 Å². The fourth-order valence-corrected chi connectivity index (χ4v) is 3.22. The standard InChI is InChI=1S/C16H30N2O/c1-12(15-6-4-3-5-7-15)13(2)18-16(19)11-17-10-14-8-9-14/h12-15,17H,3-11H2,1-2H3,(H,18,19). The topological polar surface area (TPSA) is 41.1 Å². The number of amides is 1. The number of rotatable bonds is 7. The summed E-state index contributed by atoms with van der Waals surface area (Å²) in [6.45, 7) is 5.97. The van der Waals surface area contributed by atoms with Crippen LogP contribution in [0.4, 0.5) is 0 Å². The van der Waals surface area contributed by atoms with Gasteiger partial charge in [0.05, 0.1) is 6.54 Å². The molecule has 1 amide bonds. The van der Waals surface area contributed by atoms with E-state index in [0.717, 1.165) is 18.4 Å². The predicted octanol–water partition coefficient (Wildman–Crippen LogP) is 2.71. The molecule has 2 N–H and O–H groups in total. The summed E-state index contributed by atoms with van der Waals surface area (Å²) in [4.78, 5) is 11.9. The van der Waals surface area contributed by atoms with Crippen LogP contribution in [-0.4, -0.2) is 25.0 Å². The van der Waals surface area contributed by atoms with Crippen molar-refractivity contribution in [2.45, 2.75) is 64.8 Å². The molecule has 2 unspecified atom stereocenters. The van der Waals surface area contributed by atoms with Crippen LogP contribution >= 0.6 is 0 Å². The first-order chi connectivity index (χ1) is 9.16. The Balaban J connectivity index is 1.63. The van der Waals surface area contributed by atoms with E-state index in [4.69, 9.17) is 0 Å². The Morgan fingerprint density at radius 2 is 1.79 bits per heavy atom. The molecule has 2 aliphatic carbocycles. The van der Waals surface area contributed by atoms with Gasteiger partial charge in [-0.3, -0.25) is 4.79 Å². The van der Waals surface area contributed by atoms with Gasteiger partial charge in [0.2, 0.25) is 5.91 Å². The Morgan fingerprint density at radius 3 is 2.42 bits per heavy atom. The molecule has 19 heavy (non-hydrogen) atoms. The van der Waals surface area contributed by atoms with Crippen molar-refractivity contribution < 1.29 is 4.79 Å². The van der Waals surface area contributed by atoms with Crippen molar-refractivity contribution in [3.63, 3.8) is 0 Å². The van der Waals surface area contributed by atoms with E-state index in [9.17, 15) is 4.79 Å². The van der Waals surface area contributed by atoms with Gasteiger partial charge in [-0.15, -0.1) is 0 Å². The molecule has 0 aromatic carbocycles. The van der Waals surface area contributed by atoms with E-state index < -0.39 is 0 Å². The lowest BCUT2D eigenvalue weighted by Gasteiger charge is -2.32. The maximum absolute atomic E-state index is 11.9. The molecule has 0 aromatic rings. The van der Waals surface area contributed by atoms with E-state index in [2.05, 4.69) is 24.5 Å². The third-order valence-corrected chi connectivity index (χ3v) is 4.99. The van der Waals surface area contributed by atoms with Crippen LogP contribution in [0, 0.1) is 17.8 Å². The van der Waals surface area contributed by atoms with Crippen molar-refractivity contribution >= 4 is 5.91 Å². The van der Waals surface area contributed by atoms with Gasteiger partial charge in [0, 0.05) is 6.04 Å². The Bertz CT molecular complexity index is 282. The molecule has 3 nitrogen and oxygen atoms in total. The van der Waals surface area contributed by atoms with Crippen molar-refractivity contribution in [3.8, 4) is 0 Å². The molecular formula is C16H30N2O. The molecule has 2 aliphatic rings. The Kier molecular flexibility index (Phi) is 5.68. The fourth-order valence-electron chi connectivity index (χ4n) is 3.22. The van der Waals surface area contributed by atoms with Crippen molar-refractivity contribution in [2.24, 2.45) is 17.8 Å². The Morgan fingerprint density at radius 1 is 1.11 bits per heavy atom. The van der Waals surface area contributed by atoms with Gasteiger partial charge in [-0.1, -0.05) is 39.0 Å². The molecule has 0 radical (unpaired) electrons. The monoisotopic (exact) mass is 266 g/mol. The Hall–Kier alpha value is -0.570. The van der Waals surface area contributed by atoms with Gasteiger partial charge in [0.1, 0.15) is 0 Å². The number of hydrogen-bond acceptors (Lipinski definition) is 2. The lowest BCUT2D eigenvalue weighted by atomic mass is 9.78. The van der Waals surface area contributed by atoms with Crippen LogP contribution in [0.2, 0.25) is 0 Å². The molecule has 2 saturated carbocycles. The van der Waals surface area contributed by atoms with Crippen molar-refractivity contribution in [1.82, 2.24) is 10.6 Å². The smallest absolute Gasteiger partial charge is 0.234 e. The van der Waals surface area contributed by atoms with Gasteiger partial charge in [-0.2, -0.15) is 0 Å². The number of nitrogens with one attached hydrogen (secondary N) is 2. The van der Waals surface area contributed by atoms with Crippen LogP contribution < -0.4 is 10.6 Å². The largest absolute Gasteiger partial charge is 0.352 e. The van der Waals surface area contributed by atoms with Crippen LogP contribution in [-0.2, 0) is 4.79 Å². The molecule has 2 rings (SSSR count). The highest BCUT2D eigenvalue weighted by Crippen LogP contribution is 2.31. The second kappa shape index (κ2) is 7.28. The fraction of sp³-hybridized carbons (Fsp3) is 0.938. The van der Waals surface area contributed by atoms with Crippen molar-refractivity contribution in [2.75, 3.05) is 13.1 Å². The average molecular weight is 266 g/mol. The third-order valence-electron chi connectivity index (χ3n) is 4.99. The molecule has 0 heterocycles. The zero-order valence-electron chi connectivity index (χ0n) is 12.6. The maximum atomic E-state index is 11.9. The second-order valence-electron chi connectivity index (χ2n) is 6.69. The minimum Gasteiger partial charge on any atom is -0.352 e. The average Bonchev–Trinajstić information content (AvgIpc) is 3.23. The lowest BCUT2D eigenvalue weighted by molar-refractivity contribution is -0.121. The molecule has 0 aromatic heterocycles. The molecule has 0 spiro atoms. The summed E-state index contributed by atoms with van der Waals surface area (Å²) >= 11 is 0. The summed E-state index contributed by atoms with van der Waals surface area (Å²) in [6.07, 6.45) is 9.52. The van der Waals surface area contributed by atoms with Gasteiger partial charge >= 0.3 is 0 Å². The van der Waals surface area contributed by atoms with E-state index in [1.54, 1.807) is 0 Å². The predicted molar refractivity (Wildman–Crippen MR) is 78.9 cm³/mol. The minimum atomic E-state index is 0.163. The van der Waals surface area contributed by atoms with Gasteiger partial charge in [0.25, 0.3) is 0 Å². The number of hydrogen-bond donors (Lipinski definition) is 2. The molecule has 0 aliphatic heterocycles. The first kappa shape index (κ1) is 14.8. The van der Waals surface area contributed by atoms with E-state index in [1.165, 1.54) is 44.9 Å². The van der Waals surface area contributed by atoms with Crippen molar-refractivity contribution in [3.05, 3.63) is 0 Å². The van der Waals surface area contributed by atoms with Gasteiger partial charge in [0.15, 0.2) is 0 Å². The summed E-state index contributed by atoms with van der Waals surface area (Å²) in [5.41, 5.74) is 0. The summed E-state index contributed by atoms with van der Waals surface area (Å²) in [5.74, 6) is 2.42. The third kappa shape index (κ3) is 5.13. The molecule has 0 bridgehead atoms. The van der Waals surface area contributed by atoms with E-state index in [-0.39, 0.29) is 5.91 Å². The van der Waals surface area contributed by atoms with Crippen molar-refractivity contribution in [1.29, 1.82) is 0 Å². The van der Waals surface area contributed by atoms with E-state index >= 15 is 0 Å². The zero-order chi connectivity index (χ0) is 13.7. The summed E-state index contributed by atoms with van der Waals surface area (Å²) in [7, 11) is 0. The zero-order valence-corrected chi connectivity index (χ0v) is 12.6. The quantitative estimate of drug-likeness (QED) is 0.744. The van der Waals surface area contributed by atoms with Crippen LogP contribution in [0.3, 0.4) is 0 Å². The molecule has 2 fully saturated rings. The Labute approximate surface area is 117 Å². The van der Waals surface area contributed by atoms with E-state index in [1.807, 2.05) is 0 Å². The number of carbonyl (C=O) groups excluding carboxylic acids is 1. The molecule has 110 valence electrons. The first-order valence-corrected chi connectivity index (χ1v) is 8.17. The molecule has 2 atom stereocenters. The summed E-state index contributed by atoms with van der Waals surface area (Å²) in [6, 6.07) is 0.304. The first-order valence-electron chi connectivity index (χ1n) is 8.17. The summed E-state index contributed by atoms with van der Waals surface area (Å²) < 4.78 is 0. The molecule has 0 saturated heterocycles.